The monoisotopic (exact) mass is 155 g/mol. The molecule has 0 saturated heterocycles. The molecule has 0 spiro atoms. The highest BCUT2D eigenvalue weighted by molar-refractivity contribution is 5.81. The summed E-state index contributed by atoms with van der Waals surface area (Å²) in [7, 11) is 0. The van der Waals surface area contributed by atoms with E-state index >= 15 is 0 Å². The second-order valence-corrected chi connectivity index (χ2v) is 4.94. The maximum atomic E-state index is 7.67. The summed E-state index contributed by atoms with van der Waals surface area (Å²) < 4.78 is 0. The standard InChI is InChI=1S/C10H21N/c1-8(2)6-9(11)7-10(3,4)5/h8,11H,6-7H2,1-5H3. The average Bonchev–Trinajstić information content (AvgIpc) is 1.53. The van der Waals surface area contributed by atoms with Crippen LogP contribution >= 0.6 is 0 Å². The Hall–Kier alpha value is -0.330. The number of hydrogen-bond acceptors (Lipinski definition) is 1. The third-order valence-corrected chi connectivity index (χ3v) is 1.40. The molecule has 0 aliphatic rings. The first-order chi connectivity index (χ1) is 4.81. The fraction of sp³-hybridized carbons (Fsp3) is 0.900. The van der Waals surface area contributed by atoms with Gasteiger partial charge in [0.1, 0.15) is 0 Å². The van der Waals surface area contributed by atoms with Crippen LogP contribution in [0.5, 0.6) is 0 Å². The van der Waals surface area contributed by atoms with Gasteiger partial charge in [-0.05, 0) is 24.2 Å². The van der Waals surface area contributed by atoms with Gasteiger partial charge < -0.3 is 5.41 Å². The lowest BCUT2D eigenvalue weighted by Gasteiger charge is -2.19. The predicted octanol–water partition coefficient (Wildman–Crippen LogP) is 3.49. The summed E-state index contributed by atoms with van der Waals surface area (Å²) in [6.45, 7) is 10.9. The molecule has 0 aromatic rings. The average molecular weight is 155 g/mol. The Kier molecular flexibility index (Phi) is 3.77. The van der Waals surface area contributed by atoms with E-state index in [0.29, 0.717) is 5.92 Å². The second-order valence-electron chi connectivity index (χ2n) is 4.94. The van der Waals surface area contributed by atoms with Crippen LogP contribution in [0, 0.1) is 16.7 Å². The molecule has 0 unspecified atom stereocenters. The third kappa shape index (κ3) is 7.57. The Labute approximate surface area is 70.7 Å². The predicted molar refractivity (Wildman–Crippen MR) is 51.3 cm³/mol. The Bertz CT molecular complexity index is 128. The number of rotatable bonds is 3. The number of nitrogens with one attached hydrogen (secondary N) is 1. The Balaban J connectivity index is 3.71. The van der Waals surface area contributed by atoms with Crippen molar-refractivity contribution in [3.8, 4) is 0 Å². The van der Waals surface area contributed by atoms with E-state index in [1.807, 2.05) is 0 Å². The van der Waals surface area contributed by atoms with Crippen LogP contribution in [0.1, 0.15) is 47.5 Å². The first kappa shape index (κ1) is 10.7. The van der Waals surface area contributed by atoms with Gasteiger partial charge in [-0.2, -0.15) is 0 Å². The van der Waals surface area contributed by atoms with Crippen molar-refractivity contribution in [2.75, 3.05) is 0 Å². The topological polar surface area (TPSA) is 23.9 Å². The van der Waals surface area contributed by atoms with Crippen LogP contribution in [0.25, 0.3) is 0 Å². The molecule has 1 N–H and O–H groups in total. The largest absolute Gasteiger partial charge is 0.310 e. The molecular formula is C10H21N. The van der Waals surface area contributed by atoms with Crippen LogP contribution in [0.3, 0.4) is 0 Å². The molecular weight excluding hydrogens is 134 g/mol. The van der Waals surface area contributed by atoms with E-state index < -0.39 is 0 Å². The first-order valence-corrected chi connectivity index (χ1v) is 4.37. The van der Waals surface area contributed by atoms with Crippen LogP contribution in [-0.2, 0) is 0 Å². The van der Waals surface area contributed by atoms with Crippen molar-refractivity contribution >= 4 is 5.71 Å². The van der Waals surface area contributed by atoms with Gasteiger partial charge in [-0.25, -0.2) is 0 Å². The van der Waals surface area contributed by atoms with Gasteiger partial charge in [-0.15, -0.1) is 0 Å². The normalized spacial score (nSPS) is 12.2. The summed E-state index contributed by atoms with van der Waals surface area (Å²) in [5, 5.41) is 7.67. The highest BCUT2D eigenvalue weighted by Gasteiger charge is 2.13. The molecule has 11 heavy (non-hydrogen) atoms. The summed E-state index contributed by atoms with van der Waals surface area (Å²) in [4.78, 5) is 0. The van der Waals surface area contributed by atoms with E-state index in [4.69, 9.17) is 5.41 Å². The van der Waals surface area contributed by atoms with Crippen molar-refractivity contribution in [2.45, 2.75) is 47.5 Å². The first-order valence-electron chi connectivity index (χ1n) is 4.37. The molecule has 1 nitrogen and oxygen atoms in total. The highest BCUT2D eigenvalue weighted by atomic mass is 14.4. The smallest absolute Gasteiger partial charge is 0.00969 e. The summed E-state index contributed by atoms with van der Waals surface area (Å²) in [6, 6.07) is 0. The third-order valence-electron chi connectivity index (χ3n) is 1.40. The summed E-state index contributed by atoms with van der Waals surface area (Å²) in [6.07, 6.45) is 1.89. The van der Waals surface area contributed by atoms with Gasteiger partial charge in [0.25, 0.3) is 0 Å². The Morgan fingerprint density at radius 3 is 2.00 bits per heavy atom. The molecule has 0 atom stereocenters. The minimum atomic E-state index is 0.284. The van der Waals surface area contributed by atoms with E-state index in [2.05, 4.69) is 34.6 Å². The second kappa shape index (κ2) is 3.89. The molecule has 0 rings (SSSR count). The molecule has 0 radical (unpaired) electrons. The Morgan fingerprint density at radius 2 is 1.73 bits per heavy atom. The Morgan fingerprint density at radius 1 is 1.27 bits per heavy atom. The van der Waals surface area contributed by atoms with Crippen molar-refractivity contribution in [3.05, 3.63) is 0 Å². The lowest BCUT2D eigenvalue weighted by molar-refractivity contribution is 0.427. The minimum Gasteiger partial charge on any atom is -0.310 e. The minimum absolute atomic E-state index is 0.284. The molecule has 0 saturated carbocycles. The zero-order valence-corrected chi connectivity index (χ0v) is 8.49. The van der Waals surface area contributed by atoms with Crippen LogP contribution in [0.15, 0.2) is 0 Å². The van der Waals surface area contributed by atoms with Crippen molar-refractivity contribution in [1.29, 1.82) is 5.41 Å². The van der Waals surface area contributed by atoms with Crippen LogP contribution < -0.4 is 0 Å². The maximum absolute atomic E-state index is 7.67. The molecule has 0 aliphatic carbocycles. The van der Waals surface area contributed by atoms with Crippen molar-refractivity contribution in [3.63, 3.8) is 0 Å². The van der Waals surface area contributed by atoms with Gasteiger partial charge >= 0.3 is 0 Å². The maximum Gasteiger partial charge on any atom is 0.00969 e. The fourth-order valence-electron chi connectivity index (χ4n) is 1.21. The molecule has 0 aliphatic heterocycles. The van der Waals surface area contributed by atoms with Crippen LogP contribution in [0.4, 0.5) is 0 Å². The van der Waals surface area contributed by atoms with Gasteiger partial charge in [0.05, 0.1) is 0 Å². The van der Waals surface area contributed by atoms with Crippen LogP contribution in [-0.4, -0.2) is 5.71 Å². The highest BCUT2D eigenvalue weighted by Crippen LogP contribution is 2.20. The molecule has 0 fully saturated rings. The van der Waals surface area contributed by atoms with Gasteiger partial charge in [0.15, 0.2) is 0 Å². The molecule has 0 amide bonds. The zero-order chi connectivity index (χ0) is 9.07. The van der Waals surface area contributed by atoms with E-state index in [1.54, 1.807) is 0 Å². The quantitative estimate of drug-likeness (QED) is 0.603. The van der Waals surface area contributed by atoms with Crippen molar-refractivity contribution in [1.82, 2.24) is 0 Å². The van der Waals surface area contributed by atoms with Gasteiger partial charge in [0, 0.05) is 5.71 Å². The van der Waals surface area contributed by atoms with E-state index in [1.165, 1.54) is 0 Å². The SMILES string of the molecule is CC(C)CC(=N)CC(C)(C)C. The van der Waals surface area contributed by atoms with E-state index in [0.717, 1.165) is 18.6 Å². The summed E-state index contributed by atoms with van der Waals surface area (Å²) >= 11 is 0. The molecule has 0 aromatic carbocycles. The zero-order valence-electron chi connectivity index (χ0n) is 8.49. The molecule has 0 bridgehead atoms. The molecule has 0 heterocycles. The van der Waals surface area contributed by atoms with Crippen LogP contribution in [0.2, 0.25) is 0 Å². The lowest BCUT2D eigenvalue weighted by atomic mass is 9.87. The molecule has 1 heteroatoms. The summed E-state index contributed by atoms with van der Waals surface area (Å²) in [5.41, 5.74) is 1.18. The fourth-order valence-corrected chi connectivity index (χ4v) is 1.21. The van der Waals surface area contributed by atoms with Gasteiger partial charge in [0.2, 0.25) is 0 Å². The van der Waals surface area contributed by atoms with Crippen molar-refractivity contribution in [2.24, 2.45) is 11.3 Å². The van der Waals surface area contributed by atoms with Gasteiger partial charge in [-0.1, -0.05) is 34.6 Å². The lowest BCUT2D eigenvalue weighted by Crippen LogP contribution is -2.13. The van der Waals surface area contributed by atoms with E-state index in [-0.39, 0.29) is 5.41 Å². The number of hydrogen-bond donors (Lipinski definition) is 1. The van der Waals surface area contributed by atoms with Gasteiger partial charge in [-0.3, -0.25) is 0 Å². The molecule has 0 aromatic heterocycles. The summed E-state index contributed by atoms with van der Waals surface area (Å²) in [5.74, 6) is 0.629. The van der Waals surface area contributed by atoms with E-state index in [9.17, 15) is 0 Å². The van der Waals surface area contributed by atoms with Crippen molar-refractivity contribution < 1.29 is 0 Å². The molecule has 66 valence electrons.